The molecule has 0 saturated carbocycles. The molecule has 0 radical (unpaired) electrons. The van der Waals surface area contributed by atoms with Crippen molar-refractivity contribution in [1.29, 1.82) is 0 Å². The molecule has 0 bridgehead atoms. The molecule has 0 atom stereocenters. The van der Waals surface area contributed by atoms with Crippen LogP contribution in [0.25, 0.3) is 0 Å². The zero-order chi connectivity index (χ0) is 17.6. The zero-order valence-electron chi connectivity index (χ0n) is 14.1. The molecule has 1 N–H and O–H groups in total. The van der Waals surface area contributed by atoms with Crippen molar-refractivity contribution in [2.24, 2.45) is 0 Å². The molecule has 24 heavy (non-hydrogen) atoms. The van der Waals surface area contributed by atoms with Crippen molar-refractivity contribution in [3.63, 3.8) is 0 Å². The van der Waals surface area contributed by atoms with E-state index in [1.807, 2.05) is 13.8 Å². The number of sulfonamides is 1. The van der Waals surface area contributed by atoms with Gasteiger partial charge in [0.25, 0.3) is 0 Å². The number of carbonyl (C=O) groups is 1. The highest BCUT2D eigenvalue weighted by molar-refractivity contribution is 7.89. The van der Waals surface area contributed by atoms with Gasteiger partial charge in [-0.15, -0.1) is 0 Å². The third-order valence-electron chi connectivity index (χ3n) is 3.58. The molecule has 0 spiro atoms. The summed E-state index contributed by atoms with van der Waals surface area (Å²) >= 11 is 0. The summed E-state index contributed by atoms with van der Waals surface area (Å²) in [6.45, 7) is 5.78. The van der Waals surface area contributed by atoms with Crippen molar-refractivity contribution >= 4 is 15.9 Å². The highest BCUT2D eigenvalue weighted by Gasteiger charge is 2.21. The summed E-state index contributed by atoms with van der Waals surface area (Å²) in [6, 6.07) is 4.42. The maximum Gasteiger partial charge on any atom is 0.241 e. The minimum Gasteiger partial charge on any atom is -0.486 e. The lowest BCUT2D eigenvalue weighted by molar-refractivity contribution is -0.130. The quantitative estimate of drug-likeness (QED) is 0.761. The topological polar surface area (TPSA) is 84.9 Å². The lowest BCUT2D eigenvalue weighted by Crippen LogP contribution is -2.40. The molecule has 0 fully saturated rings. The van der Waals surface area contributed by atoms with Crippen molar-refractivity contribution in [3.8, 4) is 11.5 Å². The molecule has 134 valence electrons. The van der Waals surface area contributed by atoms with Gasteiger partial charge in [0, 0.05) is 19.2 Å². The molecule has 0 saturated heterocycles. The number of benzene rings is 1. The second-order valence-electron chi connectivity index (χ2n) is 5.51. The van der Waals surface area contributed by atoms with Crippen LogP contribution in [0.15, 0.2) is 23.1 Å². The first kappa shape index (κ1) is 18.5. The molecule has 0 unspecified atom stereocenters. The van der Waals surface area contributed by atoms with E-state index in [-0.39, 0.29) is 17.3 Å². The first-order chi connectivity index (χ1) is 11.5. The summed E-state index contributed by atoms with van der Waals surface area (Å²) in [5, 5.41) is 0. The van der Waals surface area contributed by atoms with Crippen LogP contribution in [0, 0.1) is 0 Å². The Morgan fingerprint density at radius 2 is 1.75 bits per heavy atom. The largest absolute Gasteiger partial charge is 0.486 e. The average Bonchev–Trinajstić information content (AvgIpc) is 2.59. The summed E-state index contributed by atoms with van der Waals surface area (Å²) in [5.41, 5.74) is 0. The van der Waals surface area contributed by atoms with Crippen LogP contribution in [0.4, 0.5) is 0 Å². The van der Waals surface area contributed by atoms with E-state index in [9.17, 15) is 13.2 Å². The van der Waals surface area contributed by atoms with E-state index in [0.29, 0.717) is 37.8 Å². The predicted octanol–water partition coefficient (Wildman–Crippen LogP) is 1.38. The van der Waals surface area contributed by atoms with Gasteiger partial charge in [-0.25, -0.2) is 13.1 Å². The van der Waals surface area contributed by atoms with Crippen molar-refractivity contribution in [1.82, 2.24) is 9.62 Å². The fourth-order valence-corrected chi connectivity index (χ4v) is 3.43. The van der Waals surface area contributed by atoms with Gasteiger partial charge in [-0.3, -0.25) is 4.79 Å². The first-order valence-electron chi connectivity index (χ1n) is 8.15. The molecule has 1 aromatic rings. The van der Waals surface area contributed by atoms with Gasteiger partial charge in [0.1, 0.15) is 13.2 Å². The fraction of sp³-hybridized carbons (Fsp3) is 0.562. The lowest BCUT2D eigenvalue weighted by Gasteiger charge is -2.22. The Morgan fingerprint density at radius 3 is 2.38 bits per heavy atom. The summed E-state index contributed by atoms with van der Waals surface area (Å²) in [7, 11) is -3.79. The van der Waals surface area contributed by atoms with Gasteiger partial charge in [-0.2, -0.15) is 0 Å². The van der Waals surface area contributed by atoms with E-state index in [4.69, 9.17) is 9.47 Å². The van der Waals surface area contributed by atoms with E-state index in [1.54, 1.807) is 11.0 Å². The highest BCUT2D eigenvalue weighted by atomic mass is 32.2. The van der Waals surface area contributed by atoms with Gasteiger partial charge >= 0.3 is 0 Å². The molecular formula is C16H24N2O5S. The number of nitrogens with one attached hydrogen (secondary N) is 1. The Kier molecular flexibility index (Phi) is 6.44. The number of fused-ring (bicyclic) bond motifs is 1. The van der Waals surface area contributed by atoms with Crippen LogP contribution in [-0.4, -0.2) is 52.1 Å². The predicted molar refractivity (Wildman–Crippen MR) is 89.8 cm³/mol. The lowest BCUT2D eigenvalue weighted by atomic mass is 10.3. The van der Waals surface area contributed by atoms with Crippen LogP contribution in [0.3, 0.4) is 0 Å². The number of carbonyl (C=O) groups excluding carboxylic acids is 1. The minimum absolute atomic E-state index is 0.0529. The smallest absolute Gasteiger partial charge is 0.241 e. The maximum absolute atomic E-state index is 12.4. The number of hydrogen-bond donors (Lipinski definition) is 1. The Hall–Kier alpha value is -1.80. The molecular weight excluding hydrogens is 332 g/mol. The minimum atomic E-state index is -3.79. The maximum atomic E-state index is 12.4. The van der Waals surface area contributed by atoms with Crippen LogP contribution in [0.2, 0.25) is 0 Å². The fourth-order valence-electron chi connectivity index (χ4n) is 2.44. The molecule has 7 nitrogen and oxygen atoms in total. The molecule has 0 aliphatic carbocycles. The van der Waals surface area contributed by atoms with Crippen molar-refractivity contribution in [2.75, 3.05) is 32.8 Å². The van der Waals surface area contributed by atoms with Gasteiger partial charge in [0.05, 0.1) is 11.4 Å². The Labute approximate surface area is 143 Å². The molecule has 1 heterocycles. The summed E-state index contributed by atoms with van der Waals surface area (Å²) < 4.78 is 37.9. The van der Waals surface area contributed by atoms with Crippen LogP contribution >= 0.6 is 0 Å². The Balaban J connectivity index is 2.04. The van der Waals surface area contributed by atoms with E-state index >= 15 is 0 Å². The third kappa shape index (κ3) is 4.61. The van der Waals surface area contributed by atoms with Crippen molar-refractivity contribution < 1.29 is 22.7 Å². The van der Waals surface area contributed by atoms with E-state index < -0.39 is 10.0 Å². The summed E-state index contributed by atoms with van der Waals surface area (Å²) in [4.78, 5) is 13.9. The normalized spacial score (nSPS) is 13.6. The SMILES string of the molecule is CCCN(CCC)C(=O)CNS(=O)(=O)c1ccc2c(c1)OCCO2. The monoisotopic (exact) mass is 356 g/mol. The third-order valence-corrected chi connectivity index (χ3v) is 4.98. The molecule has 1 aliphatic rings. The van der Waals surface area contributed by atoms with Gasteiger partial charge < -0.3 is 14.4 Å². The van der Waals surface area contributed by atoms with Gasteiger partial charge in [0.15, 0.2) is 11.5 Å². The van der Waals surface area contributed by atoms with Gasteiger partial charge in [-0.05, 0) is 25.0 Å². The molecule has 8 heteroatoms. The average molecular weight is 356 g/mol. The van der Waals surface area contributed by atoms with E-state index in [1.165, 1.54) is 12.1 Å². The second kappa shape index (κ2) is 8.34. The van der Waals surface area contributed by atoms with E-state index in [2.05, 4.69) is 4.72 Å². The number of amides is 1. The molecule has 2 rings (SSSR count). The van der Waals surface area contributed by atoms with Crippen LogP contribution in [-0.2, 0) is 14.8 Å². The second-order valence-corrected chi connectivity index (χ2v) is 7.28. The Bertz CT molecular complexity index is 669. The van der Waals surface area contributed by atoms with Gasteiger partial charge in [0.2, 0.25) is 15.9 Å². The van der Waals surface area contributed by atoms with Crippen LogP contribution in [0.5, 0.6) is 11.5 Å². The molecule has 1 aromatic carbocycles. The number of ether oxygens (including phenoxy) is 2. The molecule has 0 aromatic heterocycles. The number of hydrogen-bond acceptors (Lipinski definition) is 5. The van der Waals surface area contributed by atoms with Gasteiger partial charge in [-0.1, -0.05) is 13.8 Å². The summed E-state index contributed by atoms with van der Waals surface area (Å²) in [5.74, 6) is 0.696. The standard InChI is InChI=1S/C16H24N2O5S/c1-3-7-18(8-4-2)16(19)12-17-24(20,21)13-5-6-14-15(11-13)23-10-9-22-14/h5-6,11,17H,3-4,7-10,12H2,1-2H3. The summed E-state index contributed by atoms with van der Waals surface area (Å²) in [6.07, 6.45) is 1.67. The molecule has 1 aliphatic heterocycles. The number of rotatable bonds is 8. The Morgan fingerprint density at radius 1 is 1.12 bits per heavy atom. The zero-order valence-corrected chi connectivity index (χ0v) is 14.9. The van der Waals surface area contributed by atoms with Crippen molar-refractivity contribution in [3.05, 3.63) is 18.2 Å². The molecule has 1 amide bonds. The first-order valence-corrected chi connectivity index (χ1v) is 9.63. The van der Waals surface area contributed by atoms with E-state index in [0.717, 1.165) is 12.8 Å². The van der Waals surface area contributed by atoms with Crippen molar-refractivity contribution in [2.45, 2.75) is 31.6 Å². The van der Waals surface area contributed by atoms with Crippen LogP contribution in [0.1, 0.15) is 26.7 Å². The van der Waals surface area contributed by atoms with Crippen LogP contribution < -0.4 is 14.2 Å². The number of nitrogens with zero attached hydrogens (tertiary/aromatic N) is 1. The highest BCUT2D eigenvalue weighted by Crippen LogP contribution is 2.32.